The molecule has 0 saturated carbocycles. The second kappa shape index (κ2) is 4.16. The van der Waals surface area contributed by atoms with Crippen LogP contribution < -0.4 is 0 Å². The lowest BCUT2D eigenvalue weighted by Gasteiger charge is -2.37. The number of hydrogen-bond donors (Lipinski definition) is 4. The van der Waals surface area contributed by atoms with E-state index in [2.05, 4.69) is 0 Å². The Bertz CT molecular complexity index is 150. The van der Waals surface area contributed by atoms with E-state index in [9.17, 15) is 10.2 Å². The van der Waals surface area contributed by atoms with Crippen molar-refractivity contribution in [1.82, 2.24) is 0 Å². The van der Waals surface area contributed by atoms with Gasteiger partial charge in [-0.25, -0.2) is 0 Å². The van der Waals surface area contributed by atoms with Crippen molar-refractivity contribution in [1.29, 1.82) is 0 Å². The molecule has 1 unspecified atom stereocenters. The van der Waals surface area contributed by atoms with E-state index in [0.29, 0.717) is 4.43 Å². The van der Waals surface area contributed by atoms with Crippen LogP contribution in [0.3, 0.4) is 0 Å². The number of hydrogen-bond acceptors (Lipinski definition) is 5. The third kappa shape index (κ3) is 1.88. The molecule has 12 heavy (non-hydrogen) atoms. The van der Waals surface area contributed by atoms with Crippen molar-refractivity contribution < 1.29 is 25.2 Å². The van der Waals surface area contributed by atoms with Gasteiger partial charge in [-0.1, -0.05) is 22.6 Å². The molecule has 4 N–H and O–H groups in total. The molecule has 1 aliphatic heterocycles. The van der Waals surface area contributed by atoms with Gasteiger partial charge in [0, 0.05) is 4.43 Å². The first-order valence-electron chi connectivity index (χ1n) is 3.51. The average molecular weight is 290 g/mol. The predicted octanol–water partition coefficient (Wildman–Crippen LogP) is -1.78. The Hall–Kier alpha value is 0.530. The minimum atomic E-state index is -1.43. The van der Waals surface area contributed by atoms with Crippen molar-refractivity contribution in [2.24, 2.45) is 0 Å². The second-order valence-corrected chi connectivity index (χ2v) is 3.57. The highest BCUT2D eigenvalue weighted by atomic mass is 127. The van der Waals surface area contributed by atoms with Gasteiger partial charge in [-0.3, -0.25) is 0 Å². The Morgan fingerprint density at radius 3 is 2.08 bits per heavy atom. The zero-order valence-electron chi connectivity index (χ0n) is 6.17. The molecule has 1 saturated heterocycles. The van der Waals surface area contributed by atoms with Gasteiger partial charge >= 0.3 is 0 Å². The molecular weight excluding hydrogens is 279 g/mol. The lowest BCUT2D eigenvalue weighted by molar-refractivity contribution is -0.275. The lowest BCUT2D eigenvalue weighted by Crippen LogP contribution is -2.57. The van der Waals surface area contributed by atoms with Gasteiger partial charge in [-0.15, -0.1) is 0 Å². The SMILES string of the molecule is OC1O[C@H](CI)[C@@H](O)[C@H](O)[C@@H]1O. The fourth-order valence-corrected chi connectivity index (χ4v) is 1.79. The first kappa shape index (κ1) is 10.6. The molecule has 1 heterocycles. The van der Waals surface area contributed by atoms with Crippen LogP contribution in [0.15, 0.2) is 0 Å². The Kier molecular flexibility index (Phi) is 3.68. The van der Waals surface area contributed by atoms with Crippen LogP contribution in [0.2, 0.25) is 0 Å². The number of ether oxygens (including phenoxy) is 1. The van der Waals surface area contributed by atoms with Gasteiger partial charge in [0.25, 0.3) is 0 Å². The van der Waals surface area contributed by atoms with Crippen LogP contribution in [0.1, 0.15) is 0 Å². The van der Waals surface area contributed by atoms with Gasteiger partial charge in [0.05, 0.1) is 6.10 Å². The predicted molar refractivity (Wildman–Crippen MR) is 47.8 cm³/mol. The molecule has 0 aromatic rings. The molecular formula is C6H11IO5. The number of aliphatic hydroxyl groups excluding tert-OH is 4. The number of aliphatic hydroxyl groups is 4. The highest BCUT2D eigenvalue weighted by molar-refractivity contribution is 14.1. The normalized spacial score (nSPS) is 49.2. The molecule has 72 valence electrons. The fourth-order valence-electron chi connectivity index (χ4n) is 1.06. The van der Waals surface area contributed by atoms with E-state index >= 15 is 0 Å². The third-order valence-corrected chi connectivity index (χ3v) is 2.71. The largest absolute Gasteiger partial charge is 0.388 e. The third-order valence-electron chi connectivity index (χ3n) is 1.84. The summed E-state index contributed by atoms with van der Waals surface area (Å²) in [6, 6.07) is 0. The number of alkyl halides is 1. The van der Waals surface area contributed by atoms with E-state index < -0.39 is 30.7 Å². The van der Waals surface area contributed by atoms with Crippen molar-refractivity contribution in [3.63, 3.8) is 0 Å². The van der Waals surface area contributed by atoms with Crippen LogP contribution in [-0.2, 0) is 4.74 Å². The van der Waals surface area contributed by atoms with Gasteiger partial charge in [0.15, 0.2) is 6.29 Å². The molecule has 0 amide bonds. The van der Waals surface area contributed by atoms with Gasteiger partial charge in [0.2, 0.25) is 0 Å². The Balaban J connectivity index is 2.63. The van der Waals surface area contributed by atoms with Crippen LogP contribution in [0.5, 0.6) is 0 Å². The fraction of sp³-hybridized carbons (Fsp3) is 1.00. The summed E-state index contributed by atoms with van der Waals surface area (Å²) >= 11 is 1.96. The molecule has 1 aliphatic rings. The molecule has 0 aliphatic carbocycles. The second-order valence-electron chi connectivity index (χ2n) is 2.69. The topological polar surface area (TPSA) is 90.2 Å². The molecule has 1 fully saturated rings. The number of halogens is 1. The minimum Gasteiger partial charge on any atom is -0.388 e. The summed E-state index contributed by atoms with van der Waals surface area (Å²) in [6.07, 6.45) is -5.95. The summed E-state index contributed by atoms with van der Waals surface area (Å²) in [5.74, 6) is 0. The maximum atomic E-state index is 9.27. The van der Waals surface area contributed by atoms with Gasteiger partial charge in [0.1, 0.15) is 18.3 Å². The summed E-state index contributed by atoms with van der Waals surface area (Å²) in [6.45, 7) is 0. The van der Waals surface area contributed by atoms with Crippen molar-refractivity contribution in [2.75, 3.05) is 4.43 Å². The monoisotopic (exact) mass is 290 g/mol. The van der Waals surface area contributed by atoms with E-state index in [1.54, 1.807) is 0 Å². The van der Waals surface area contributed by atoms with E-state index in [0.717, 1.165) is 0 Å². The van der Waals surface area contributed by atoms with E-state index in [-0.39, 0.29) is 0 Å². The highest BCUT2D eigenvalue weighted by Gasteiger charge is 2.42. The molecule has 5 atom stereocenters. The van der Waals surface area contributed by atoms with Crippen LogP contribution in [0.25, 0.3) is 0 Å². The van der Waals surface area contributed by atoms with Gasteiger partial charge in [-0.2, -0.15) is 0 Å². The van der Waals surface area contributed by atoms with E-state index in [4.69, 9.17) is 14.9 Å². The van der Waals surface area contributed by atoms with Crippen LogP contribution in [-0.4, -0.2) is 55.6 Å². The Morgan fingerprint density at radius 1 is 1.00 bits per heavy atom. The highest BCUT2D eigenvalue weighted by Crippen LogP contribution is 2.20. The van der Waals surface area contributed by atoms with Crippen LogP contribution in [0, 0.1) is 0 Å². The Labute approximate surface area is 83.1 Å². The van der Waals surface area contributed by atoms with E-state index in [1.165, 1.54) is 0 Å². The summed E-state index contributed by atoms with van der Waals surface area (Å²) in [5.41, 5.74) is 0. The van der Waals surface area contributed by atoms with E-state index in [1.807, 2.05) is 22.6 Å². The quantitative estimate of drug-likeness (QED) is 0.339. The molecule has 0 radical (unpaired) electrons. The van der Waals surface area contributed by atoms with Gasteiger partial charge < -0.3 is 25.2 Å². The summed E-state index contributed by atoms with van der Waals surface area (Å²) < 4.78 is 5.26. The van der Waals surface area contributed by atoms with Crippen molar-refractivity contribution in [3.05, 3.63) is 0 Å². The lowest BCUT2D eigenvalue weighted by atomic mass is 10.0. The van der Waals surface area contributed by atoms with Gasteiger partial charge in [-0.05, 0) is 0 Å². The molecule has 0 bridgehead atoms. The standard InChI is InChI=1S/C6H11IO5/c7-1-2-3(8)4(9)5(10)6(11)12-2/h2-6,8-11H,1H2/t2-,3-,4+,5+,6?/m1/s1. The Morgan fingerprint density at radius 2 is 1.58 bits per heavy atom. The molecule has 5 nitrogen and oxygen atoms in total. The van der Waals surface area contributed by atoms with Crippen LogP contribution >= 0.6 is 22.6 Å². The maximum Gasteiger partial charge on any atom is 0.183 e. The first-order chi connectivity index (χ1) is 5.57. The summed E-state index contributed by atoms with van der Waals surface area (Å²) in [4.78, 5) is 0. The molecule has 6 heteroatoms. The number of rotatable bonds is 1. The zero-order valence-corrected chi connectivity index (χ0v) is 8.33. The van der Waals surface area contributed by atoms with Crippen molar-refractivity contribution in [3.8, 4) is 0 Å². The zero-order chi connectivity index (χ0) is 9.30. The summed E-state index contributed by atoms with van der Waals surface area (Å²) in [5, 5.41) is 36.5. The smallest absolute Gasteiger partial charge is 0.183 e. The van der Waals surface area contributed by atoms with Crippen LogP contribution in [0.4, 0.5) is 0 Å². The van der Waals surface area contributed by atoms with Crippen molar-refractivity contribution >= 4 is 22.6 Å². The summed E-state index contributed by atoms with van der Waals surface area (Å²) in [7, 11) is 0. The molecule has 0 spiro atoms. The average Bonchev–Trinajstić information content (AvgIpc) is 2.08. The maximum absolute atomic E-state index is 9.27. The first-order valence-corrected chi connectivity index (χ1v) is 5.04. The molecule has 0 aromatic carbocycles. The van der Waals surface area contributed by atoms with Crippen molar-refractivity contribution in [2.45, 2.75) is 30.7 Å². The molecule has 1 rings (SSSR count). The molecule has 0 aromatic heterocycles. The minimum absolute atomic E-state index is 0.444.